The molecule has 1 N–H and O–H groups in total. The molecule has 26 heavy (non-hydrogen) atoms. The number of aromatic nitrogens is 3. The van der Waals surface area contributed by atoms with Crippen molar-refractivity contribution in [1.29, 1.82) is 0 Å². The van der Waals surface area contributed by atoms with E-state index >= 15 is 0 Å². The van der Waals surface area contributed by atoms with Gasteiger partial charge in [0, 0.05) is 32.2 Å². The van der Waals surface area contributed by atoms with Crippen LogP contribution in [0.2, 0.25) is 0 Å². The number of rotatable bonds is 5. The van der Waals surface area contributed by atoms with Crippen LogP contribution in [0.5, 0.6) is 5.88 Å². The molecule has 0 aromatic carbocycles. The number of imidazole rings is 1. The molecule has 0 radical (unpaired) electrons. The highest BCUT2D eigenvalue weighted by Crippen LogP contribution is 2.19. The average Bonchev–Trinajstić information content (AvgIpc) is 3.18. The van der Waals surface area contributed by atoms with E-state index in [4.69, 9.17) is 9.47 Å². The van der Waals surface area contributed by atoms with Gasteiger partial charge in [-0.05, 0) is 13.0 Å². The number of carbonyl (C=O) groups excluding carboxylic acids is 2. The van der Waals surface area contributed by atoms with E-state index in [1.807, 2.05) is 12.1 Å². The molecule has 1 aliphatic heterocycles. The summed E-state index contributed by atoms with van der Waals surface area (Å²) in [5.74, 6) is -0.286. The van der Waals surface area contributed by atoms with Crippen molar-refractivity contribution in [2.24, 2.45) is 0 Å². The molecule has 0 aliphatic carbocycles. The highest BCUT2D eigenvalue weighted by atomic mass is 16.5. The molecule has 9 nitrogen and oxygen atoms in total. The first kappa shape index (κ1) is 17.7. The van der Waals surface area contributed by atoms with Gasteiger partial charge in [-0.3, -0.25) is 4.79 Å². The second-order valence-electron chi connectivity index (χ2n) is 5.68. The van der Waals surface area contributed by atoms with Crippen LogP contribution in [0.3, 0.4) is 0 Å². The third kappa shape index (κ3) is 3.61. The van der Waals surface area contributed by atoms with Crippen LogP contribution < -0.4 is 9.64 Å². The first-order valence-electron chi connectivity index (χ1n) is 8.38. The number of carbonyl (C=O) groups is 2. The average molecular weight is 359 g/mol. The van der Waals surface area contributed by atoms with E-state index in [0.29, 0.717) is 32.1 Å². The standard InChI is InChI=1S/C17H21N5O4/c1-3-26-17(24)15-14(19-11-20-15)16(23)22-8-6-21(7-9-22)12-4-5-13(25-2)18-10-12/h4-5,10-11H,3,6-9H2,1-2H3,(H,19,20). The Morgan fingerprint density at radius 3 is 2.58 bits per heavy atom. The van der Waals surface area contributed by atoms with Gasteiger partial charge in [-0.1, -0.05) is 0 Å². The minimum Gasteiger partial charge on any atom is -0.481 e. The van der Waals surface area contributed by atoms with Crippen LogP contribution in [-0.2, 0) is 4.74 Å². The smallest absolute Gasteiger partial charge is 0.357 e. The number of aromatic amines is 1. The predicted octanol–water partition coefficient (Wildman–Crippen LogP) is 0.952. The van der Waals surface area contributed by atoms with E-state index in [0.717, 1.165) is 5.69 Å². The highest BCUT2D eigenvalue weighted by molar-refractivity contribution is 6.02. The van der Waals surface area contributed by atoms with E-state index in [-0.39, 0.29) is 23.9 Å². The van der Waals surface area contributed by atoms with Crippen LogP contribution in [0.1, 0.15) is 27.9 Å². The topological polar surface area (TPSA) is 101 Å². The fraction of sp³-hybridized carbons (Fsp3) is 0.412. The summed E-state index contributed by atoms with van der Waals surface area (Å²) in [6.45, 7) is 4.33. The fourth-order valence-electron chi connectivity index (χ4n) is 2.81. The summed E-state index contributed by atoms with van der Waals surface area (Å²) in [4.78, 5) is 39.4. The molecular weight excluding hydrogens is 338 g/mol. The predicted molar refractivity (Wildman–Crippen MR) is 93.4 cm³/mol. The van der Waals surface area contributed by atoms with Gasteiger partial charge in [-0.15, -0.1) is 0 Å². The Balaban J connectivity index is 1.63. The van der Waals surface area contributed by atoms with Crippen molar-refractivity contribution >= 4 is 17.6 Å². The molecule has 1 fully saturated rings. The maximum absolute atomic E-state index is 12.7. The van der Waals surface area contributed by atoms with Gasteiger partial charge in [0.1, 0.15) is 0 Å². The van der Waals surface area contributed by atoms with Crippen LogP contribution in [-0.4, -0.2) is 71.6 Å². The van der Waals surface area contributed by atoms with Crippen LogP contribution in [0.15, 0.2) is 24.7 Å². The van der Waals surface area contributed by atoms with Gasteiger partial charge in [-0.2, -0.15) is 0 Å². The summed E-state index contributed by atoms with van der Waals surface area (Å²) in [6.07, 6.45) is 3.08. The number of ether oxygens (including phenoxy) is 2. The molecule has 3 rings (SSSR count). The molecule has 1 aliphatic rings. The minimum atomic E-state index is -0.573. The fourth-order valence-corrected chi connectivity index (χ4v) is 2.81. The molecule has 1 amide bonds. The SMILES string of the molecule is CCOC(=O)c1[nH]cnc1C(=O)N1CCN(c2ccc(OC)nc2)CC1. The third-order valence-corrected chi connectivity index (χ3v) is 4.18. The number of pyridine rings is 1. The molecular formula is C17H21N5O4. The van der Waals surface area contributed by atoms with E-state index in [9.17, 15) is 9.59 Å². The molecule has 138 valence electrons. The monoisotopic (exact) mass is 359 g/mol. The van der Waals surface area contributed by atoms with Gasteiger partial charge in [0.05, 0.1) is 31.9 Å². The van der Waals surface area contributed by atoms with E-state index in [1.165, 1.54) is 6.33 Å². The van der Waals surface area contributed by atoms with Crippen molar-refractivity contribution < 1.29 is 19.1 Å². The third-order valence-electron chi connectivity index (χ3n) is 4.18. The molecule has 2 aromatic rings. The Morgan fingerprint density at radius 1 is 1.19 bits per heavy atom. The van der Waals surface area contributed by atoms with Gasteiger partial charge < -0.3 is 24.3 Å². The molecule has 0 saturated carbocycles. The van der Waals surface area contributed by atoms with Crippen molar-refractivity contribution in [2.45, 2.75) is 6.92 Å². The second-order valence-corrected chi connectivity index (χ2v) is 5.68. The lowest BCUT2D eigenvalue weighted by Crippen LogP contribution is -2.49. The Bertz CT molecular complexity index is 766. The number of amides is 1. The van der Waals surface area contributed by atoms with Crippen molar-refractivity contribution in [3.63, 3.8) is 0 Å². The van der Waals surface area contributed by atoms with Crippen molar-refractivity contribution in [2.75, 3.05) is 44.8 Å². The van der Waals surface area contributed by atoms with Crippen LogP contribution in [0.25, 0.3) is 0 Å². The Morgan fingerprint density at radius 2 is 1.96 bits per heavy atom. The molecule has 0 unspecified atom stereocenters. The zero-order valence-electron chi connectivity index (χ0n) is 14.8. The van der Waals surface area contributed by atoms with Crippen molar-refractivity contribution in [3.05, 3.63) is 36.0 Å². The summed E-state index contributed by atoms with van der Waals surface area (Å²) < 4.78 is 10.0. The van der Waals surface area contributed by atoms with Crippen LogP contribution in [0, 0.1) is 0 Å². The summed E-state index contributed by atoms with van der Waals surface area (Å²) in [6, 6.07) is 3.75. The van der Waals surface area contributed by atoms with Gasteiger partial charge in [0.15, 0.2) is 11.4 Å². The second kappa shape index (κ2) is 7.85. The maximum Gasteiger partial charge on any atom is 0.357 e. The summed E-state index contributed by atoms with van der Waals surface area (Å²) in [5, 5.41) is 0. The van der Waals surface area contributed by atoms with E-state index in [1.54, 1.807) is 25.1 Å². The van der Waals surface area contributed by atoms with Crippen LogP contribution in [0.4, 0.5) is 5.69 Å². The molecule has 0 bridgehead atoms. The van der Waals surface area contributed by atoms with Gasteiger partial charge in [0.25, 0.3) is 5.91 Å². The van der Waals surface area contributed by atoms with E-state index < -0.39 is 5.97 Å². The first-order valence-corrected chi connectivity index (χ1v) is 8.38. The normalized spacial score (nSPS) is 14.2. The number of nitrogens with zero attached hydrogens (tertiary/aromatic N) is 4. The molecule has 0 spiro atoms. The maximum atomic E-state index is 12.7. The highest BCUT2D eigenvalue weighted by Gasteiger charge is 2.28. The molecule has 2 aromatic heterocycles. The quantitative estimate of drug-likeness (QED) is 0.793. The number of H-pyrrole nitrogens is 1. The van der Waals surface area contributed by atoms with Crippen molar-refractivity contribution in [3.8, 4) is 5.88 Å². The first-order chi connectivity index (χ1) is 12.6. The lowest BCUT2D eigenvalue weighted by atomic mass is 10.2. The zero-order valence-corrected chi connectivity index (χ0v) is 14.8. The Kier molecular flexibility index (Phi) is 5.35. The zero-order chi connectivity index (χ0) is 18.5. The van der Waals surface area contributed by atoms with Gasteiger partial charge in [-0.25, -0.2) is 14.8 Å². The summed E-state index contributed by atoms with van der Waals surface area (Å²) in [5.41, 5.74) is 1.17. The molecule has 9 heteroatoms. The molecule has 3 heterocycles. The largest absolute Gasteiger partial charge is 0.481 e. The number of esters is 1. The number of hydrogen-bond donors (Lipinski definition) is 1. The van der Waals surface area contributed by atoms with Gasteiger partial charge in [0.2, 0.25) is 5.88 Å². The number of piperazine rings is 1. The number of hydrogen-bond acceptors (Lipinski definition) is 7. The molecule has 1 saturated heterocycles. The molecule has 0 atom stereocenters. The summed E-state index contributed by atoms with van der Waals surface area (Å²) in [7, 11) is 1.58. The lowest BCUT2D eigenvalue weighted by molar-refractivity contribution is 0.0511. The summed E-state index contributed by atoms with van der Waals surface area (Å²) >= 11 is 0. The Hall–Kier alpha value is -3.10. The van der Waals surface area contributed by atoms with Gasteiger partial charge >= 0.3 is 5.97 Å². The minimum absolute atomic E-state index is 0.0960. The van der Waals surface area contributed by atoms with Crippen LogP contribution >= 0.6 is 0 Å². The number of anilines is 1. The number of nitrogens with one attached hydrogen (secondary N) is 1. The van der Waals surface area contributed by atoms with E-state index in [2.05, 4.69) is 19.9 Å². The number of methoxy groups -OCH3 is 1. The lowest BCUT2D eigenvalue weighted by Gasteiger charge is -2.35. The Labute approximate surface area is 150 Å². The van der Waals surface area contributed by atoms with Crippen molar-refractivity contribution in [1.82, 2.24) is 19.9 Å².